The molecule has 148 valence electrons. The number of hydrogen-bond acceptors (Lipinski definition) is 2. The summed E-state index contributed by atoms with van der Waals surface area (Å²) in [6.07, 6.45) is 2.77. The Labute approximate surface area is 176 Å². The summed E-state index contributed by atoms with van der Waals surface area (Å²) in [5.74, 6) is 0. The van der Waals surface area contributed by atoms with Gasteiger partial charge in [-0.25, -0.2) is 4.79 Å². The van der Waals surface area contributed by atoms with E-state index in [0.717, 1.165) is 34.1 Å². The van der Waals surface area contributed by atoms with Gasteiger partial charge >= 0.3 is 6.09 Å². The van der Waals surface area contributed by atoms with Crippen LogP contribution in [0, 0.1) is 0 Å². The summed E-state index contributed by atoms with van der Waals surface area (Å²) < 4.78 is 5.73. The van der Waals surface area contributed by atoms with Crippen LogP contribution in [-0.4, -0.2) is 22.6 Å². The quantitative estimate of drug-likeness (QED) is 0.477. The molecular formula is C24H28BrNO2. The summed E-state index contributed by atoms with van der Waals surface area (Å²) in [6, 6.07) is 16.6. The molecule has 0 fully saturated rings. The molecule has 3 nitrogen and oxygen atoms in total. The predicted octanol–water partition coefficient (Wildman–Crippen LogP) is 7.06. The summed E-state index contributed by atoms with van der Waals surface area (Å²) in [4.78, 5) is 14.9. The van der Waals surface area contributed by atoms with E-state index >= 15 is 0 Å². The van der Waals surface area contributed by atoms with Crippen LogP contribution < -0.4 is 4.90 Å². The Kier molecular flexibility index (Phi) is 5.72. The van der Waals surface area contributed by atoms with Crippen LogP contribution >= 0.6 is 15.9 Å². The van der Waals surface area contributed by atoms with Gasteiger partial charge in [0.25, 0.3) is 0 Å². The number of ether oxygens (including phenoxy) is 1. The van der Waals surface area contributed by atoms with Crippen molar-refractivity contribution in [3.05, 3.63) is 60.2 Å². The van der Waals surface area contributed by atoms with Gasteiger partial charge in [0.05, 0.1) is 11.2 Å². The van der Waals surface area contributed by atoms with E-state index in [1.54, 1.807) is 4.90 Å². The number of fused-ring (bicyclic) bond motifs is 1. The molecular weight excluding hydrogens is 414 g/mol. The fraction of sp³-hybridized carbons (Fsp3) is 0.375. The van der Waals surface area contributed by atoms with Crippen LogP contribution in [0.3, 0.4) is 0 Å². The number of hydrogen-bond donors (Lipinski definition) is 0. The highest BCUT2D eigenvalue weighted by atomic mass is 79.9. The normalized spacial score (nSPS) is 15.6. The number of amides is 1. The van der Waals surface area contributed by atoms with Gasteiger partial charge in [0.1, 0.15) is 5.60 Å². The monoisotopic (exact) mass is 441 g/mol. The number of nitrogens with zero attached hydrogens (tertiary/aromatic N) is 1. The molecule has 0 saturated heterocycles. The van der Waals surface area contributed by atoms with E-state index in [4.69, 9.17) is 4.74 Å². The molecule has 1 aliphatic rings. The molecule has 3 rings (SSSR count). The van der Waals surface area contributed by atoms with Crippen molar-refractivity contribution in [1.29, 1.82) is 0 Å². The van der Waals surface area contributed by atoms with Gasteiger partial charge in [-0.2, -0.15) is 0 Å². The van der Waals surface area contributed by atoms with Crippen molar-refractivity contribution in [2.45, 2.75) is 52.2 Å². The third-order valence-electron chi connectivity index (χ3n) is 4.73. The molecule has 0 saturated carbocycles. The van der Waals surface area contributed by atoms with Crippen LogP contribution in [0.25, 0.3) is 16.7 Å². The number of rotatable bonds is 3. The van der Waals surface area contributed by atoms with E-state index in [9.17, 15) is 4.79 Å². The Balaban J connectivity index is 2.13. The SMILES string of the molecule is CC(C)(C)OC(=O)N1c2ccc(-c3ccccc3)cc2C(CCBr)=CC1(C)C. The minimum Gasteiger partial charge on any atom is -0.443 e. The van der Waals surface area contributed by atoms with Crippen LogP contribution in [0.5, 0.6) is 0 Å². The molecule has 0 aliphatic carbocycles. The van der Waals surface area contributed by atoms with Gasteiger partial charge in [-0.15, -0.1) is 0 Å². The van der Waals surface area contributed by atoms with Crippen molar-refractivity contribution in [3.63, 3.8) is 0 Å². The Bertz CT molecular complexity index is 895. The maximum Gasteiger partial charge on any atom is 0.415 e. The van der Waals surface area contributed by atoms with Crippen LogP contribution in [0.4, 0.5) is 10.5 Å². The molecule has 1 aliphatic heterocycles. The van der Waals surface area contributed by atoms with Gasteiger partial charge in [-0.3, -0.25) is 4.90 Å². The lowest BCUT2D eigenvalue weighted by Gasteiger charge is -2.42. The topological polar surface area (TPSA) is 29.5 Å². The molecule has 0 bridgehead atoms. The molecule has 2 aromatic rings. The highest BCUT2D eigenvalue weighted by molar-refractivity contribution is 9.09. The average molecular weight is 442 g/mol. The lowest BCUT2D eigenvalue weighted by Crippen LogP contribution is -2.50. The van der Waals surface area contributed by atoms with Gasteiger partial charge in [0.15, 0.2) is 0 Å². The zero-order valence-corrected chi connectivity index (χ0v) is 18.8. The van der Waals surface area contributed by atoms with Crippen LogP contribution in [0.1, 0.15) is 46.6 Å². The maximum absolute atomic E-state index is 13.1. The fourth-order valence-electron chi connectivity index (χ4n) is 3.63. The average Bonchev–Trinajstić information content (AvgIpc) is 2.60. The standard InChI is InChI=1S/C24H28BrNO2/c1-23(2,3)28-22(27)26-21-12-11-18(17-9-7-6-8-10-17)15-20(21)19(13-14-25)16-24(26,4)5/h6-12,15-16H,13-14H2,1-5H3. The first-order valence-corrected chi connectivity index (χ1v) is 10.8. The number of benzene rings is 2. The summed E-state index contributed by atoms with van der Waals surface area (Å²) in [5, 5.41) is 0.871. The number of halogens is 1. The highest BCUT2D eigenvalue weighted by Gasteiger charge is 2.39. The number of allylic oxidation sites excluding steroid dienone is 1. The Morgan fingerprint density at radius 2 is 1.75 bits per heavy atom. The fourth-order valence-corrected chi connectivity index (χ4v) is 4.05. The molecule has 1 amide bonds. The van der Waals surface area contributed by atoms with E-state index in [1.165, 1.54) is 5.57 Å². The summed E-state index contributed by atoms with van der Waals surface area (Å²) in [7, 11) is 0. The van der Waals surface area contributed by atoms with Crippen molar-refractivity contribution >= 4 is 33.3 Å². The van der Waals surface area contributed by atoms with Crippen molar-refractivity contribution in [3.8, 4) is 11.1 Å². The van der Waals surface area contributed by atoms with Gasteiger partial charge in [0, 0.05) is 10.9 Å². The molecule has 28 heavy (non-hydrogen) atoms. The summed E-state index contributed by atoms with van der Waals surface area (Å²) in [6.45, 7) is 9.80. The van der Waals surface area contributed by atoms with E-state index in [-0.39, 0.29) is 6.09 Å². The van der Waals surface area contributed by atoms with Crippen molar-refractivity contribution in [1.82, 2.24) is 0 Å². The third kappa shape index (κ3) is 4.33. The number of anilines is 1. The third-order valence-corrected chi connectivity index (χ3v) is 5.13. The first-order valence-electron chi connectivity index (χ1n) is 9.63. The second-order valence-corrected chi connectivity index (χ2v) is 9.47. The molecule has 0 radical (unpaired) electrons. The first kappa shape index (κ1) is 20.7. The van der Waals surface area contributed by atoms with E-state index < -0.39 is 11.1 Å². The minimum atomic E-state index is -0.544. The lowest BCUT2D eigenvalue weighted by atomic mass is 9.86. The molecule has 4 heteroatoms. The van der Waals surface area contributed by atoms with Gasteiger partial charge in [-0.05, 0) is 69.9 Å². The number of carbonyl (C=O) groups excluding carboxylic acids is 1. The predicted molar refractivity (Wildman–Crippen MR) is 121 cm³/mol. The molecule has 0 aromatic heterocycles. The van der Waals surface area contributed by atoms with Crippen LogP contribution in [0.2, 0.25) is 0 Å². The largest absolute Gasteiger partial charge is 0.443 e. The Morgan fingerprint density at radius 3 is 2.36 bits per heavy atom. The van der Waals surface area contributed by atoms with Crippen LogP contribution in [-0.2, 0) is 4.74 Å². The molecule has 0 atom stereocenters. The van der Waals surface area contributed by atoms with E-state index in [2.05, 4.69) is 60.1 Å². The van der Waals surface area contributed by atoms with Crippen LogP contribution in [0.15, 0.2) is 54.6 Å². The molecule has 0 spiro atoms. The van der Waals surface area contributed by atoms with Gasteiger partial charge in [0.2, 0.25) is 0 Å². The summed E-state index contributed by atoms with van der Waals surface area (Å²) >= 11 is 3.58. The highest BCUT2D eigenvalue weighted by Crippen LogP contribution is 2.43. The zero-order valence-electron chi connectivity index (χ0n) is 17.3. The Hall–Kier alpha value is -2.07. The number of carbonyl (C=O) groups is 1. The molecule has 0 N–H and O–H groups in total. The molecule has 1 heterocycles. The maximum atomic E-state index is 13.1. The zero-order chi connectivity index (χ0) is 20.5. The van der Waals surface area contributed by atoms with Gasteiger partial charge in [-0.1, -0.05) is 58.4 Å². The second-order valence-electron chi connectivity index (χ2n) is 8.68. The van der Waals surface area contributed by atoms with Gasteiger partial charge < -0.3 is 4.74 Å². The Morgan fingerprint density at radius 1 is 1.07 bits per heavy atom. The number of alkyl halides is 1. The van der Waals surface area contributed by atoms with Crippen molar-refractivity contribution in [2.24, 2.45) is 0 Å². The summed E-state index contributed by atoms with van der Waals surface area (Å²) in [5.41, 5.74) is 4.52. The lowest BCUT2D eigenvalue weighted by molar-refractivity contribution is 0.0556. The first-order chi connectivity index (χ1) is 13.1. The smallest absolute Gasteiger partial charge is 0.415 e. The molecule has 0 unspecified atom stereocenters. The minimum absolute atomic E-state index is 0.319. The van der Waals surface area contributed by atoms with E-state index in [1.807, 2.05) is 45.0 Å². The second kappa shape index (κ2) is 7.75. The van der Waals surface area contributed by atoms with E-state index in [0.29, 0.717) is 0 Å². The van der Waals surface area contributed by atoms with Crippen molar-refractivity contribution in [2.75, 3.05) is 10.2 Å². The molecule has 2 aromatic carbocycles. The van der Waals surface area contributed by atoms with Crippen molar-refractivity contribution < 1.29 is 9.53 Å².